The van der Waals surface area contributed by atoms with Crippen molar-refractivity contribution in [2.45, 2.75) is 12.6 Å². The molecule has 5 heteroatoms. The van der Waals surface area contributed by atoms with Gasteiger partial charge in [-0.05, 0) is 23.8 Å². The van der Waals surface area contributed by atoms with Crippen LogP contribution >= 0.6 is 0 Å². The summed E-state index contributed by atoms with van der Waals surface area (Å²) in [4.78, 5) is 16.8. The maximum atomic E-state index is 12.3. The number of amides is 1. The van der Waals surface area contributed by atoms with Gasteiger partial charge < -0.3 is 15.2 Å². The van der Waals surface area contributed by atoms with E-state index in [1.54, 1.807) is 6.20 Å². The fraction of sp³-hybridized carbons (Fsp3) is 0.158. The van der Waals surface area contributed by atoms with Crippen molar-refractivity contribution >= 4 is 11.6 Å². The standard InChI is InChI=1S/C19H18N4O/c24-19(14-6-2-1-3-7-14)21-12-17-18-20-10-11-23(18)13-15-8-4-5-9-16(15)22-17/h1-11,17,22H,12-13H2,(H,21,24). The van der Waals surface area contributed by atoms with Crippen LogP contribution < -0.4 is 10.6 Å². The number of rotatable bonds is 3. The SMILES string of the molecule is O=C(NCC1Nc2ccccc2Cn2ccnc21)c1ccccc1. The molecule has 1 aromatic heterocycles. The molecule has 2 N–H and O–H groups in total. The Hall–Kier alpha value is -3.08. The van der Waals surface area contributed by atoms with Crippen LogP contribution in [0.1, 0.15) is 27.8 Å². The predicted molar refractivity (Wildman–Crippen MR) is 92.9 cm³/mol. The van der Waals surface area contributed by atoms with Gasteiger partial charge in [-0.3, -0.25) is 4.79 Å². The molecule has 120 valence electrons. The third kappa shape index (κ3) is 2.76. The molecule has 0 radical (unpaired) electrons. The van der Waals surface area contributed by atoms with Crippen molar-refractivity contribution in [3.63, 3.8) is 0 Å². The van der Waals surface area contributed by atoms with E-state index in [4.69, 9.17) is 0 Å². The first-order valence-electron chi connectivity index (χ1n) is 8.00. The Bertz CT molecular complexity index is 857. The molecule has 0 saturated heterocycles. The summed E-state index contributed by atoms with van der Waals surface area (Å²) in [5.74, 6) is 0.854. The number of nitrogens with one attached hydrogen (secondary N) is 2. The van der Waals surface area contributed by atoms with Crippen molar-refractivity contribution in [1.82, 2.24) is 14.9 Å². The maximum Gasteiger partial charge on any atom is 0.251 e. The van der Waals surface area contributed by atoms with Crippen molar-refractivity contribution in [3.05, 3.63) is 83.9 Å². The van der Waals surface area contributed by atoms with Gasteiger partial charge in [-0.2, -0.15) is 0 Å². The van der Waals surface area contributed by atoms with Crippen molar-refractivity contribution in [3.8, 4) is 0 Å². The topological polar surface area (TPSA) is 59.0 Å². The third-order valence-electron chi connectivity index (χ3n) is 4.25. The molecule has 3 aromatic rings. The monoisotopic (exact) mass is 318 g/mol. The number of fused-ring (bicyclic) bond motifs is 2. The Kier molecular flexibility index (Phi) is 3.75. The minimum atomic E-state index is -0.0759. The van der Waals surface area contributed by atoms with Crippen LogP contribution in [0.4, 0.5) is 5.69 Å². The zero-order valence-electron chi connectivity index (χ0n) is 13.1. The van der Waals surface area contributed by atoms with Crippen molar-refractivity contribution < 1.29 is 4.79 Å². The van der Waals surface area contributed by atoms with E-state index >= 15 is 0 Å². The van der Waals surface area contributed by atoms with Gasteiger partial charge in [0, 0.05) is 30.2 Å². The van der Waals surface area contributed by atoms with Crippen LogP contribution in [0.15, 0.2) is 67.0 Å². The van der Waals surface area contributed by atoms with Crippen molar-refractivity contribution in [1.29, 1.82) is 0 Å². The molecule has 0 bridgehead atoms. The van der Waals surface area contributed by atoms with Gasteiger partial charge >= 0.3 is 0 Å². The van der Waals surface area contributed by atoms with E-state index in [1.807, 2.05) is 48.7 Å². The van der Waals surface area contributed by atoms with Crippen LogP contribution in [0.25, 0.3) is 0 Å². The van der Waals surface area contributed by atoms with Crippen LogP contribution in [-0.4, -0.2) is 22.0 Å². The summed E-state index contributed by atoms with van der Waals surface area (Å²) in [6.45, 7) is 1.25. The summed E-state index contributed by atoms with van der Waals surface area (Å²) in [5.41, 5.74) is 2.96. The van der Waals surface area contributed by atoms with Crippen molar-refractivity contribution in [2.75, 3.05) is 11.9 Å². The summed E-state index contributed by atoms with van der Waals surface area (Å²) < 4.78 is 2.12. The molecule has 2 aromatic carbocycles. The number of aromatic nitrogens is 2. The molecule has 1 aliphatic heterocycles. The zero-order chi connectivity index (χ0) is 16.4. The molecule has 5 nitrogen and oxygen atoms in total. The van der Waals surface area contributed by atoms with Crippen LogP contribution in [0.5, 0.6) is 0 Å². The fourth-order valence-corrected chi connectivity index (χ4v) is 3.03. The lowest BCUT2D eigenvalue weighted by Gasteiger charge is -2.18. The van der Waals surface area contributed by atoms with Gasteiger partial charge in [-0.15, -0.1) is 0 Å². The normalized spacial score (nSPS) is 15.6. The molecular weight excluding hydrogens is 300 g/mol. The Morgan fingerprint density at radius 2 is 1.96 bits per heavy atom. The van der Waals surface area contributed by atoms with Gasteiger partial charge in [0.2, 0.25) is 0 Å². The highest BCUT2D eigenvalue weighted by molar-refractivity contribution is 5.94. The molecule has 1 amide bonds. The van der Waals surface area contributed by atoms with Gasteiger partial charge in [0.1, 0.15) is 11.9 Å². The summed E-state index contributed by atoms with van der Waals surface area (Å²) in [5, 5.41) is 6.51. The van der Waals surface area contributed by atoms with Gasteiger partial charge in [0.15, 0.2) is 0 Å². The summed E-state index contributed by atoms with van der Waals surface area (Å²) in [6, 6.07) is 17.4. The molecule has 0 aliphatic carbocycles. The van der Waals surface area contributed by atoms with E-state index in [-0.39, 0.29) is 11.9 Å². The van der Waals surface area contributed by atoms with E-state index in [1.165, 1.54) is 5.56 Å². The van der Waals surface area contributed by atoms with Gasteiger partial charge in [0.25, 0.3) is 5.91 Å². The second kappa shape index (κ2) is 6.20. The lowest BCUT2D eigenvalue weighted by molar-refractivity contribution is 0.0951. The Morgan fingerprint density at radius 1 is 1.17 bits per heavy atom. The largest absolute Gasteiger partial charge is 0.373 e. The number of anilines is 1. The lowest BCUT2D eigenvalue weighted by atomic mass is 10.1. The highest BCUT2D eigenvalue weighted by Gasteiger charge is 2.22. The summed E-state index contributed by atoms with van der Waals surface area (Å²) >= 11 is 0. The molecule has 0 spiro atoms. The van der Waals surface area contributed by atoms with E-state index in [0.29, 0.717) is 12.1 Å². The highest BCUT2D eigenvalue weighted by atomic mass is 16.1. The molecule has 1 unspecified atom stereocenters. The second-order valence-corrected chi connectivity index (χ2v) is 5.84. The molecule has 4 rings (SSSR count). The smallest absolute Gasteiger partial charge is 0.251 e. The minimum Gasteiger partial charge on any atom is -0.373 e. The first-order valence-corrected chi connectivity index (χ1v) is 8.00. The Morgan fingerprint density at radius 3 is 2.83 bits per heavy atom. The predicted octanol–water partition coefficient (Wildman–Crippen LogP) is 2.83. The highest BCUT2D eigenvalue weighted by Crippen LogP contribution is 2.27. The Labute approximate surface area is 140 Å². The van der Waals surface area contributed by atoms with E-state index in [0.717, 1.165) is 18.1 Å². The summed E-state index contributed by atoms with van der Waals surface area (Å²) in [6.07, 6.45) is 3.78. The maximum absolute atomic E-state index is 12.3. The number of carbonyl (C=O) groups excluding carboxylic acids is 1. The van der Waals surface area contributed by atoms with Crippen molar-refractivity contribution in [2.24, 2.45) is 0 Å². The van der Waals surface area contributed by atoms with Gasteiger partial charge in [-0.25, -0.2) is 4.98 Å². The number of hydrogen-bond acceptors (Lipinski definition) is 3. The number of imidazole rings is 1. The molecule has 1 aliphatic rings. The molecule has 0 fully saturated rings. The average molecular weight is 318 g/mol. The van der Waals surface area contributed by atoms with Gasteiger partial charge in [-0.1, -0.05) is 36.4 Å². The third-order valence-corrected chi connectivity index (χ3v) is 4.25. The average Bonchev–Trinajstić information content (AvgIpc) is 3.03. The van der Waals surface area contributed by atoms with Crippen LogP contribution in [0, 0.1) is 0 Å². The van der Waals surface area contributed by atoms with E-state index in [9.17, 15) is 4.79 Å². The zero-order valence-corrected chi connectivity index (χ0v) is 13.1. The van der Waals surface area contributed by atoms with Crippen LogP contribution in [-0.2, 0) is 6.54 Å². The molecular formula is C19H18N4O. The molecule has 24 heavy (non-hydrogen) atoms. The number of carbonyl (C=O) groups is 1. The van der Waals surface area contributed by atoms with E-state index < -0.39 is 0 Å². The Balaban J connectivity index is 1.56. The van der Waals surface area contributed by atoms with Gasteiger partial charge in [0.05, 0.1) is 6.54 Å². The fourth-order valence-electron chi connectivity index (χ4n) is 3.03. The minimum absolute atomic E-state index is 0.0729. The number of para-hydroxylation sites is 1. The molecule has 1 atom stereocenters. The first kappa shape index (κ1) is 14.5. The van der Waals surface area contributed by atoms with Crippen LogP contribution in [0.3, 0.4) is 0 Å². The number of benzene rings is 2. The molecule has 2 heterocycles. The number of nitrogens with zero attached hydrogens (tertiary/aromatic N) is 2. The van der Waals surface area contributed by atoms with Crippen LogP contribution in [0.2, 0.25) is 0 Å². The number of hydrogen-bond donors (Lipinski definition) is 2. The van der Waals surface area contributed by atoms with E-state index in [2.05, 4.69) is 32.3 Å². The molecule has 0 saturated carbocycles. The summed E-state index contributed by atoms with van der Waals surface area (Å²) in [7, 11) is 0. The second-order valence-electron chi connectivity index (χ2n) is 5.84. The lowest BCUT2D eigenvalue weighted by Crippen LogP contribution is -2.32. The first-order chi connectivity index (χ1) is 11.8. The quantitative estimate of drug-likeness (QED) is 0.781.